The van der Waals surface area contributed by atoms with Crippen molar-refractivity contribution in [2.45, 2.75) is 13.5 Å². The van der Waals surface area contributed by atoms with Crippen molar-refractivity contribution in [2.24, 2.45) is 7.05 Å². The van der Waals surface area contributed by atoms with Crippen molar-refractivity contribution in [2.75, 3.05) is 0 Å². The Morgan fingerprint density at radius 1 is 1.04 bits per heavy atom. The van der Waals surface area contributed by atoms with Crippen LogP contribution in [0.25, 0.3) is 22.0 Å². The molecule has 4 aromatic rings. The topological polar surface area (TPSA) is 66.0 Å². The van der Waals surface area contributed by atoms with Crippen LogP contribution < -0.4 is 4.74 Å². The third-order valence-electron chi connectivity index (χ3n) is 3.79. The van der Waals surface area contributed by atoms with Gasteiger partial charge in [-0.1, -0.05) is 24.3 Å². The van der Waals surface area contributed by atoms with E-state index in [-0.39, 0.29) is 6.61 Å². The first kappa shape index (κ1) is 14.4. The Labute approximate surface area is 138 Å². The molecule has 0 bridgehead atoms. The number of benzene rings is 2. The molecule has 2 aromatic heterocycles. The van der Waals surface area contributed by atoms with Crippen molar-refractivity contribution < 1.29 is 9.15 Å². The Kier molecular flexibility index (Phi) is 3.49. The van der Waals surface area contributed by atoms with E-state index in [2.05, 4.69) is 21.4 Å². The third kappa shape index (κ3) is 2.62. The van der Waals surface area contributed by atoms with Crippen LogP contribution in [0, 0.1) is 6.92 Å². The van der Waals surface area contributed by atoms with Gasteiger partial charge in [-0.25, -0.2) is 0 Å². The lowest BCUT2D eigenvalue weighted by Crippen LogP contribution is -1.97. The second kappa shape index (κ2) is 5.81. The summed E-state index contributed by atoms with van der Waals surface area (Å²) in [6.45, 7) is 2.00. The van der Waals surface area contributed by atoms with Gasteiger partial charge in [0.1, 0.15) is 5.75 Å². The molecule has 2 aromatic carbocycles. The van der Waals surface area contributed by atoms with Crippen molar-refractivity contribution in [1.29, 1.82) is 0 Å². The van der Waals surface area contributed by atoms with Crippen LogP contribution >= 0.6 is 0 Å². The lowest BCUT2D eigenvalue weighted by atomic mass is 10.0. The number of hydrogen-bond donors (Lipinski definition) is 0. The summed E-state index contributed by atoms with van der Waals surface area (Å²) in [6, 6.07) is 14.1. The molecule has 120 valence electrons. The van der Waals surface area contributed by atoms with Gasteiger partial charge in [0.2, 0.25) is 5.89 Å². The molecule has 0 unspecified atom stereocenters. The molecule has 0 spiro atoms. The molecule has 0 amide bonds. The monoisotopic (exact) mass is 320 g/mol. The predicted octanol–water partition coefficient (Wildman–Crippen LogP) is 3.51. The first-order valence-corrected chi connectivity index (χ1v) is 7.64. The van der Waals surface area contributed by atoms with Crippen molar-refractivity contribution in [3.63, 3.8) is 0 Å². The molecule has 24 heavy (non-hydrogen) atoms. The molecule has 0 saturated carbocycles. The summed E-state index contributed by atoms with van der Waals surface area (Å²) in [6.07, 6.45) is 1.94. The Morgan fingerprint density at radius 2 is 1.88 bits per heavy atom. The number of fused-ring (bicyclic) bond motifs is 1. The van der Waals surface area contributed by atoms with E-state index in [0.717, 1.165) is 27.8 Å². The normalized spacial score (nSPS) is 11.1. The van der Waals surface area contributed by atoms with E-state index in [1.807, 2.05) is 49.6 Å². The van der Waals surface area contributed by atoms with Gasteiger partial charge < -0.3 is 9.15 Å². The Morgan fingerprint density at radius 3 is 2.58 bits per heavy atom. The minimum absolute atomic E-state index is 0.244. The molecular formula is C18H16N4O2. The summed E-state index contributed by atoms with van der Waals surface area (Å²) in [5.41, 5.74) is 2.01. The number of aromatic nitrogens is 4. The fourth-order valence-corrected chi connectivity index (χ4v) is 2.71. The molecular weight excluding hydrogens is 304 g/mol. The number of nitrogens with zero attached hydrogens (tertiary/aromatic N) is 4. The van der Waals surface area contributed by atoms with Crippen LogP contribution in [0.4, 0.5) is 0 Å². The highest BCUT2D eigenvalue weighted by atomic mass is 16.5. The summed E-state index contributed by atoms with van der Waals surface area (Å²) < 4.78 is 13.0. The van der Waals surface area contributed by atoms with Crippen molar-refractivity contribution in [3.05, 3.63) is 60.4 Å². The molecule has 0 radical (unpaired) electrons. The van der Waals surface area contributed by atoms with Gasteiger partial charge in [-0.3, -0.25) is 4.68 Å². The molecule has 0 aliphatic carbocycles. The molecule has 0 aliphatic heterocycles. The fourth-order valence-electron chi connectivity index (χ4n) is 2.71. The molecule has 6 heteroatoms. The maximum absolute atomic E-state index is 5.89. The first-order chi connectivity index (χ1) is 11.7. The standard InChI is InChI=1S/C18H16N4O2/c1-12-19-20-18(24-12)11-23-17-8-7-14(16-9-10-22(2)21-16)13-5-3-4-6-15(13)17/h3-10H,11H2,1-2H3. The highest BCUT2D eigenvalue weighted by Crippen LogP contribution is 2.34. The van der Waals surface area contributed by atoms with Gasteiger partial charge in [-0.15, -0.1) is 10.2 Å². The van der Waals surface area contributed by atoms with Crippen LogP contribution in [0.3, 0.4) is 0 Å². The largest absolute Gasteiger partial charge is 0.483 e. The van der Waals surface area contributed by atoms with E-state index in [9.17, 15) is 0 Å². The van der Waals surface area contributed by atoms with Gasteiger partial charge in [-0.2, -0.15) is 5.10 Å². The van der Waals surface area contributed by atoms with E-state index in [0.29, 0.717) is 11.8 Å². The maximum Gasteiger partial charge on any atom is 0.253 e. The van der Waals surface area contributed by atoms with Crippen molar-refractivity contribution in [3.8, 4) is 17.0 Å². The van der Waals surface area contributed by atoms with Crippen LogP contribution in [0.2, 0.25) is 0 Å². The Balaban J connectivity index is 1.72. The maximum atomic E-state index is 5.89. The van der Waals surface area contributed by atoms with Crippen LogP contribution in [0.15, 0.2) is 53.1 Å². The van der Waals surface area contributed by atoms with E-state index >= 15 is 0 Å². The predicted molar refractivity (Wildman–Crippen MR) is 89.5 cm³/mol. The van der Waals surface area contributed by atoms with Gasteiger partial charge in [0.25, 0.3) is 5.89 Å². The summed E-state index contributed by atoms with van der Waals surface area (Å²) >= 11 is 0. The number of hydrogen-bond acceptors (Lipinski definition) is 5. The second-order valence-corrected chi connectivity index (χ2v) is 5.53. The van der Waals surface area contributed by atoms with Gasteiger partial charge in [-0.05, 0) is 23.6 Å². The Bertz CT molecular complexity index is 1000. The highest BCUT2D eigenvalue weighted by molar-refractivity contribution is 5.99. The summed E-state index contributed by atoms with van der Waals surface area (Å²) in [5, 5.41) is 14.4. The van der Waals surface area contributed by atoms with Gasteiger partial charge in [0, 0.05) is 31.1 Å². The quantitative estimate of drug-likeness (QED) is 0.575. The average Bonchev–Trinajstić information content (AvgIpc) is 3.21. The number of aryl methyl sites for hydroxylation is 2. The summed E-state index contributed by atoms with van der Waals surface area (Å²) in [7, 11) is 1.91. The van der Waals surface area contributed by atoms with E-state index in [1.54, 1.807) is 11.6 Å². The molecule has 0 fully saturated rings. The van der Waals surface area contributed by atoms with Gasteiger partial charge >= 0.3 is 0 Å². The zero-order chi connectivity index (χ0) is 16.5. The zero-order valence-corrected chi connectivity index (χ0v) is 13.4. The van der Waals surface area contributed by atoms with Gasteiger partial charge in [0.15, 0.2) is 6.61 Å². The zero-order valence-electron chi connectivity index (χ0n) is 13.4. The minimum atomic E-state index is 0.244. The third-order valence-corrected chi connectivity index (χ3v) is 3.79. The SMILES string of the molecule is Cc1nnc(COc2ccc(-c3ccn(C)n3)c3ccccc23)o1. The van der Waals surface area contributed by atoms with Crippen LogP contribution in [0.1, 0.15) is 11.8 Å². The van der Waals surface area contributed by atoms with Crippen LogP contribution in [-0.4, -0.2) is 20.0 Å². The Hall–Kier alpha value is -3.15. The number of rotatable bonds is 4. The fraction of sp³-hybridized carbons (Fsp3) is 0.167. The molecule has 4 rings (SSSR count). The summed E-state index contributed by atoms with van der Waals surface area (Å²) in [4.78, 5) is 0. The number of ether oxygens (including phenoxy) is 1. The molecule has 0 saturated heterocycles. The van der Waals surface area contributed by atoms with Crippen molar-refractivity contribution in [1.82, 2.24) is 20.0 Å². The molecule has 2 heterocycles. The van der Waals surface area contributed by atoms with Crippen molar-refractivity contribution >= 4 is 10.8 Å². The minimum Gasteiger partial charge on any atom is -0.483 e. The summed E-state index contributed by atoms with van der Waals surface area (Å²) in [5.74, 6) is 1.77. The lowest BCUT2D eigenvalue weighted by Gasteiger charge is -2.10. The average molecular weight is 320 g/mol. The first-order valence-electron chi connectivity index (χ1n) is 7.64. The lowest BCUT2D eigenvalue weighted by molar-refractivity contribution is 0.263. The van der Waals surface area contributed by atoms with Crippen LogP contribution in [-0.2, 0) is 13.7 Å². The molecule has 0 aliphatic rings. The van der Waals surface area contributed by atoms with E-state index in [4.69, 9.17) is 9.15 Å². The molecule has 6 nitrogen and oxygen atoms in total. The van der Waals surface area contributed by atoms with E-state index < -0.39 is 0 Å². The molecule has 0 atom stereocenters. The highest BCUT2D eigenvalue weighted by Gasteiger charge is 2.11. The van der Waals surface area contributed by atoms with E-state index in [1.165, 1.54) is 0 Å². The van der Waals surface area contributed by atoms with Crippen LogP contribution in [0.5, 0.6) is 5.75 Å². The second-order valence-electron chi connectivity index (χ2n) is 5.53. The van der Waals surface area contributed by atoms with Gasteiger partial charge in [0.05, 0.1) is 5.69 Å². The molecule has 0 N–H and O–H groups in total. The smallest absolute Gasteiger partial charge is 0.253 e.